The number of hydrogen-bond acceptors (Lipinski definition) is 3. The molecular formula is C12H19N3O2. The van der Waals surface area contributed by atoms with Crippen LogP contribution in [0.2, 0.25) is 0 Å². The van der Waals surface area contributed by atoms with Gasteiger partial charge in [0.2, 0.25) is 5.56 Å². The number of aromatic amines is 1. The molecular weight excluding hydrogens is 218 g/mol. The van der Waals surface area contributed by atoms with Crippen LogP contribution in [0.25, 0.3) is 0 Å². The van der Waals surface area contributed by atoms with Crippen LogP contribution < -0.4 is 16.6 Å². The van der Waals surface area contributed by atoms with Gasteiger partial charge in [-0.25, -0.2) is 0 Å². The molecule has 94 valence electrons. The Morgan fingerprint density at radius 2 is 2.06 bits per heavy atom. The minimum atomic E-state index is -0.399. The summed E-state index contributed by atoms with van der Waals surface area (Å²) < 4.78 is 0. The van der Waals surface area contributed by atoms with Crippen LogP contribution in [0, 0.1) is 0 Å². The third-order valence-electron chi connectivity index (χ3n) is 3.14. The maximum atomic E-state index is 12.0. The summed E-state index contributed by atoms with van der Waals surface area (Å²) in [4.78, 5) is 25.6. The molecule has 1 heterocycles. The lowest BCUT2D eigenvalue weighted by Crippen LogP contribution is -2.53. The Labute approximate surface area is 100 Å². The highest BCUT2D eigenvalue weighted by molar-refractivity contribution is 5.92. The van der Waals surface area contributed by atoms with Crippen LogP contribution in [0.1, 0.15) is 37.2 Å². The van der Waals surface area contributed by atoms with Crippen molar-refractivity contribution in [3.05, 3.63) is 34.2 Å². The smallest absolute Gasteiger partial charge is 0.268 e. The van der Waals surface area contributed by atoms with E-state index in [1.807, 2.05) is 13.8 Å². The lowest BCUT2D eigenvalue weighted by molar-refractivity contribution is 0.0890. The first kappa shape index (κ1) is 13.4. The molecule has 17 heavy (non-hydrogen) atoms. The van der Waals surface area contributed by atoms with Crippen LogP contribution in [0.5, 0.6) is 0 Å². The fourth-order valence-corrected chi connectivity index (χ4v) is 1.65. The third kappa shape index (κ3) is 3.17. The van der Waals surface area contributed by atoms with Gasteiger partial charge in [-0.3, -0.25) is 9.59 Å². The Morgan fingerprint density at radius 3 is 2.53 bits per heavy atom. The normalized spacial score (nSPS) is 11.2. The van der Waals surface area contributed by atoms with Crippen molar-refractivity contribution < 1.29 is 4.79 Å². The van der Waals surface area contributed by atoms with Gasteiger partial charge in [0.05, 0.1) is 5.54 Å². The van der Waals surface area contributed by atoms with Crippen LogP contribution in [0.15, 0.2) is 23.0 Å². The maximum Gasteiger partial charge on any atom is 0.268 e. The van der Waals surface area contributed by atoms with E-state index in [9.17, 15) is 9.59 Å². The number of hydrogen-bond donors (Lipinski definition) is 3. The molecule has 5 heteroatoms. The molecule has 1 amide bonds. The third-order valence-corrected chi connectivity index (χ3v) is 3.14. The van der Waals surface area contributed by atoms with E-state index in [1.165, 1.54) is 6.07 Å². The molecule has 1 aromatic heterocycles. The second-order valence-electron chi connectivity index (χ2n) is 4.07. The number of carbonyl (C=O) groups excluding carboxylic acids is 1. The first-order chi connectivity index (χ1) is 8.06. The molecule has 0 aliphatic heterocycles. The number of rotatable bonds is 5. The van der Waals surface area contributed by atoms with Gasteiger partial charge < -0.3 is 16.0 Å². The van der Waals surface area contributed by atoms with Gasteiger partial charge in [0.1, 0.15) is 5.69 Å². The fourth-order valence-electron chi connectivity index (χ4n) is 1.65. The summed E-state index contributed by atoms with van der Waals surface area (Å²) in [5.74, 6) is -0.295. The average Bonchev–Trinajstić information content (AvgIpc) is 2.36. The number of amides is 1. The number of pyridine rings is 1. The van der Waals surface area contributed by atoms with E-state index < -0.39 is 5.54 Å². The number of aromatic nitrogens is 1. The Kier molecular flexibility index (Phi) is 4.45. The van der Waals surface area contributed by atoms with Crippen molar-refractivity contribution >= 4 is 5.91 Å². The summed E-state index contributed by atoms with van der Waals surface area (Å²) in [6.07, 6.45) is 1.51. The molecule has 0 aliphatic rings. The van der Waals surface area contributed by atoms with Gasteiger partial charge in [-0.05, 0) is 18.9 Å². The van der Waals surface area contributed by atoms with Crippen LogP contribution in [0.4, 0.5) is 0 Å². The second kappa shape index (κ2) is 5.63. The molecule has 0 fully saturated rings. The zero-order chi connectivity index (χ0) is 12.9. The summed E-state index contributed by atoms with van der Waals surface area (Å²) in [5, 5.41) is 2.89. The number of nitrogens with two attached hydrogens (primary N) is 1. The molecule has 0 spiro atoms. The van der Waals surface area contributed by atoms with Gasteiger partial charge in [-0.2, -0.15) is 0 Å². The van der Waals surface area contributed by atoms with Gasteiger partial charge >= 0.3 is 0 Å². The zero-order valence-electron chi connectivity index (χ0n) is 10.2. The predicted octanol–water partition coefficient (Wildman–Crippen LogP) is 0.622. The summed E-state index contributed by atoms with van der Waals surface area (Å²) in [7, 11) is 0. The fraction of sp³-hybridized carbons (Fsp3) is 0.500. The number of carbonyl (C=O) groups is 1. The van der Waals surface area contributed by atoms with Crippen LogP contribution in [0.3, 0.4) is 0 Å². The lowest BCUT2D eigenvalue weighted by Gasteiger charge is -2.31. The second-order valence-corrected chi connectivity index (χ2v) is 4.07. The molecule has 0 saturated carbocycles. The van der Waals surface area contributed by atoms with E-state index in [4.69, 9.17) is 5.73 Å². The van der Waals surface area contributed by atoms with E-state index in [0.717, 1.165) is 12.8 Å². The highest BCUT2D eigenvalue weighted by Gasteiger charge is 2.26. The van der Waals surface area contributed by atoms with Crippen LogP contribution in [-0.4, -0.2) is 23.0 Å². The maximum absolute atomic E-state index is 12.0. The topological polar surface area (TPSA) is 88.0 Å². The van der Waals surface area contributed by atoms with Gasteiger partial charge in [-0.1, -0.05) is 19.9 Å². The van der Waals surface area contributed by atoms with Gasteiger partial charge in [-0.15, -0.1) is 0 Å². The Morgan fingerprint density at radius 1 is 1.41 bits per heavy atom. The average molecular weight is 237 g/mol. The van der Waals surface area contributed by atoms with E-state index in [0.29, 0.717) is 6.54 Å². The standard InChI is InChI=1S/C12H19N3O2/c1-3-12(4-2,8-13)15-11(17)9-6-5-7-10(16)14-9/h5-7H,3-4,8,13H2,1-2H3,(H,14,16)(H,15,17). The zero-order valence-corrected chi connectivity index (χ0v) is 10.2. The molecule has 0 aromatic carbocycles. The molecule has 0 radical (unpaired) electrons. The monoisotopic (exact) mass is 237 g/mol. The SMILES string of the molecule is CCC(CC)(CN)NC(=O)c1cccc(=O)[nH]1. The van der Waals surface area contributed by atoms with E-state index in [2.05, 4.69) is 10.3 Å². The molecule has 4 N–H and O–H groups in total. The molecule has 0 aliphatic carbocycles. The lowest BCUT2D eigenvalue weighted by atomic mass is 9.93. The molecule has 0 bridgehead atoms. The largest absolute Gasteiger partial charge is 0.344 e. The van der Waals surface area contributed by atoms with Gasteiger partial charge in [0.25, 0.3) is 5.91 Å². The highest BCUT2D eigenvalue weighted by atomic mass is 16.2. The number of H-pyrrole nitrogens is 1. The van der Waals surface area contributed by atoms with E-state index >= 15 is 0 Å². The molecule has 0 atom stereocenters. The van der Waals surface area contributed by atoms with Crippen molar-refractivity contribution in [2.75, 3.05) is 6.54 Å². The summed E-state index contributed by atoms with van der Waals surface area (Å²) in [6.45, 7) is 4.33. The quantitative estimate of drug-likeness (QED) is 0.701. The van der Waals surface area contributed by atoms with Crippen molar-refractivity contribution in [1.82, 2.24) is 10.3 Å². The van der Waals surface area contributed by atoms with Crippen molar-refractivity contribution in [2.45, 2.75) is 32.2 Å². The van der Waals surface area contributed by atoms with Crippen LogP contribution in [-0.2, 0) is 0 Å². The molecule has 0 unspecified atom stereocenters. The first-order valence-corrected chi connectivity index (χ1v) is 5.79. The molecule has 5 nitrogen and oxygen atoms in total. The van der Waals surface area contributed by atoms with E-state index in [1.54, 1.807) is 12.1 Å². The van der Waals surface area contributed by atoms with Crippen molar-refractivity contribution in [1.29, 1.82) is 0 Å². The summed E-state index contributed by atoms with van der Waals surface area (Å²) in [5.41, 5.74) is 5.27. The minimum Gasteiger partial charge on any atom is -0.344 e. The van der Waals surface area contributed by atoms with Gasteiger partial charge in [0.15, 0.2) is 0 Å². The highest BCUT2D eigenvalue weighted by Crippen LogP contribution is 2.13. The number of nitrogens with one attached hydrogen (secondary N) is 2. The Bertz CT molecular complexity index is 427. The summed E-state index contributed by atoms with van der Waals surface area (Å²) >= 11 is 0. The van der Waals surface area contributed by atoms with Gasteiger partial charge in [0, 0.05) is 12.6 Å². The molecule has 1 rings (SSSR count). The van der Waals surface area contributed by atoms with Crippen molar-refractivity contribution in [2.24, 2.45) is 5.73 Å². The van der Waals surface area contributed by atoms with Crippen LogP contribution >= 0.6 is 0 Å². The van der Waals surface area contributed by atoms with Crippen molar-refractivity contribution in [3.8, 4) is 0 Å². The van der Waals surface area contributed by atoms with E-state index in [-0.39, 0.29) is 17.2 Å². The molecule has 0 saturated heterocycles. The Balaban J connectivity index is 2.88. The minimum absolute atomic E-state index is 0.261. The van der Waals surface area contributed by atoms with Crippen molar-refractivity contribution in [3.63, 3.8) is 0 Å². The molecule has 1 aromatic rings. The Hall–Kier alpha value is -1.62. The first-order valence-electron chi connectivity index (χ1n) is 5.79. The summed E-state index contributed by atoms with van der Waals surface area (Å²) in [6, 6.07) is 4.49. The predicted molar refractivity (Wildman–Crippen MR) is 66.9 cm³/mol.